The standard InChI is InChI=1S/C36H33Cl2F3N4O3/c37-30-13-7-25(8-14-30)32-33(26-9-15-31(38)16-10-26)45(34(44-32)27-5-11-29(12-6-27)36(39,40)41)23-24-1-3-28(4-2-24)35(46)43-18-20-48-22-21-47-19-17-42/h1-16H,17-23,42H2,(H,43,46). The molecule has 0 radical (unpaired) electrons. The number of amides is 1. The highest BCUT2D eigenvalue weighted by atomic mass is 35.5. The van der Waals surface area contributed by atoms with E-state index >= 15 is 0 Å². The lowest BCUT2D eigenvalue weighted by molar-refractivity contribution is -0.137. The highest BCUT2D eigenvalue weighted by Gasteiger charge is 2.30. The van der Waals surface area contributed by atoms with Crippen molar-refractivity contribution in [2.75, 3.05) is 39.5 Å². The van der Waals surface area contributed by atoms with Crippen molar-refractivity contribution in [3.8, 4) is 33.9 Å². The topological polar surface area (TPSA) is 91.4 Å². The molecule has 0 unspecified atom stereocenters. The maximum absolute atomic E-state index is 13.4. The van der Waals surface area contributed by atoms with Crippen molar-refractivity contribution in [2.45, 2.75) is 12.7 Å². The molecule has 0 aliphatic carbocycles. The second-order valence-electron chi connectivity index (χ2n) is 10.8. The first-order valence-corrected chi connectivity index (χ1v) is 15.9. The number of alkyl halides is 3. The van der Waals surface area contributed by atoms with E-state index in [1.165, 1.54) is 12.1 Å². The maximum atomic E-state index is 13.4. The minimum Gasteiger partial charge on any atom is -0.378 e. The molecule has 0 fully saturated rings. The van der Waals surface area contributed by atoms with Gasteiger partial charge in [-0.1, -0.05) is 71.7 Å². The van der Waals surface area contributed by atoms with Gasteiger partial charge in [-0.05, 0) is 54.1 Å². The van der Waals surface area contributed by atoms with Gasteiger partial charge in [0.25, 0.3) is 5.91 Å². The van der Waals surface area contributed by atoms with Crippen molar-refractivity contribution in [1.82, 2.24) is 14.9 Å². The van der Waals surface area contributed by atoms with Crippen LogP contribution >= 0.6 is 23.2 Å². The molecule has 0 saturated heterocycles. The molecule has 7 nitrogen and oxygen atoms in total. The number of hydrogen-bond donors (Lipinski definition) is 2. The molecule has 0 spiro atoms. The van der Waals surface area contributed by atoms with Crippen LogP contribution < -0.4 is 11.1 Å². The number of aromatic nitrogens is 2. The third kappa shape index (κ3) is 9.03. The molecule has 5 rings (SSSR count). The van der Waals surface area contributed by atoms with Crippen LogP contribution in [0.3, 0.4) is 0 Å². The first kappa shape index (κ1) is 35.1. The number of benzene rings is 4. The van der Waals surface area contributed by atoms with Gasteiger partial charge in [-0.25, -0.2) is 4.98 Å². The molecule has 250 valence electrons. The second-order valence-corrected chi connectivity index (χ2v) is 11.6. The van der Waals surface area contributed by atoms with Gasteiger partial charge in [-0.3, -0.25) is 4.79 Å². The number of nitrogens with zero attached hydrogens (tertiary/aromatic N) is 2. The summed E-state index contributed by atoms with van der Waals surface area (Å²) in [6.45, 7) is 2.74. The number of imidazole rings is 1. The number of nitrogens with two attached hydrogens (primary N) is 1. The van der Waals surface area contributed by atoms with Gasteiger partial charge in [-0.15, -0.1) is 0 Å². The summed E-state index contributed by atoms with van der Waals surface area (Å²) in [5, 5.41) is 3.94. The Hall–Kier alpha value is -4.19. The summed E-state index contributed by atoms with van der Waals surface area (Å²) in [4.78, 5) is 17.8. The Labute approximate surface area is 286 Å². The smallest absolute Gasteiger partial charge is 0.378 e. The SMILES string of the molecule is NCCOCCOCCNC(=O)c1ccc(Cn2c(-c3ccc(C(F)(F)F)cc3)nc(-c3ccc(Cl)cc3)c2-c2ccc(Cl)cc2)cc1. The fourth-order valence-electron chi connectivity index (χ4n) is 5.03. The number of rotatable bonds is 14. The number of hydrogen-bond acceptors (Lipinski definition) is 5. The van der Waals surface area contributed by atoms with Crippen LogP contribution in [0, 0.1) is 0 Å². The highest BCUT2D eigenvalue weighted by molar-refractivity contribution is 6.31. The first-order chi connectivity index (χ1) is 23.1. The third-order valence-electron chi connectivity index (χ3n) is 7.40. The van der Waals surface area contributed by atoms with Crippen molar-refractivity contribution in [3.63, 3.8) is 0 Å². The summed E-state index contributed by atoms with van der Waals surface area (Å²) < 4.78 is 52.9. The quantitative estimate of drug-likeness (QED) is 0.115. The van der Waals surface area contributed by atoms with Crippen LogP contribution in [-0.2, 0) is 22.2 Å². The van der Waals surface area contributed by atoms with Gasteiger partial charge >= 0.3 is 6.18 Å². The molecular weight excluding hydrogens is 664 g/mol. The zero-order valence-corrected chi connectivity index (χ0v) is 27.3. The summed E-state index contributed by atoms with van der Waals surface area (Å²) in [5.74, 6) is 0.221. The monoisotopic (exact) mass is 696 g/mol. The van der Waals surface area contributed by atoms with Crippen LogP contribution in [0.15, 0.2) is 97.1 Å². The highest BCUT2D eigenvalue weighted by Crippen LogP contribution is 2.38. The predicted molar refractivity (Wildman–Crippen MR) is 182 cm³/mol. The predicted octanol–water partition coefficient (Wildman–Crippen LogP) is 7.98. The number of carbonyl (C=O) groups excluding carboxylic acids is 1. The average molecular weight is 698 g/mol. The zero-order valence-electron chi connectivity index (χ0n) is 25.8. The molecule has 3 N–H and O–H groups in total. The molecule has 1 aromatic heterocycles. The Balaban J connectivity index is 1.46. The fraction of sp³-hybridized carbons (Fsp3) is 0.222. The second kappa shape index (κ2) is 16.3. The molecule has 0 aliphatic heterocycles. The number of carbonyl (C=O) groups is 1. The van der Waals surface area contributed by atoms with E-state index in [0.29, 0.717) is 78.8 Å². The summed E-state index contributed by atoms with van der Waals surface area (Å²) in [6.07, 6.45) is -4.47. The van der Waals surface area contributed by atoms with Crippen molar-refractivity contribution in [2.24, 2.45) is 5.73 Å². The molecule has 0 saturated carbocycles. The number of halogens is 5. The van der Waals surface area contributed by atoms with Crippen molar-refractivity contribution in [1.29, 1.82) is 0 Å². The molecule has 5 aromatic rings. The number of ether oxygens (including phenoxy) is 2. The van der Waals surface area contributed by atoms with Gasteiger partial charge < -0.3 is 25.1 Å². The molecule has 1 heterocycles. The van der Waals surface area contributed by atoms with Gasteiger partial charge in [-0.2, -0.15) is 13.2 Å². The average Bonchev–Trinajstić information content (AvgIpc) is 3.45. The van der Waals surface area contributed by atoms with Crippen LogP contribution in [0.5, 0.6) is 0 Å². The van der Waals surface area contributed by atoms with Crippen LogP contribution in [-0.4, -0.2) is 55.0 Å². The number of nitrogens with one attached hydrogen (secondary N) is 1. The molecule has 0 bridgehead atoms. The summed E-state index contributed by atoms with van der Waals surface area (Å²) in [5.41, 5.74) is 9.38. The largest absolute Gasteiger partial charge is 0.416 e. The van der Waals surface area contributed by atoms with E-state index in [0.717, 1.165) is 34.5 Å². The van der Waals surface area contributed by atoms with E-state index in [-0.39, 0.29) is 5.91 Å². The Morgan fingerprint density at radius 3 is 1.90 bits per heavy atom. The lowest BCUT2D eigenvalue weighted by Gasteiger charge is -2.15. The van der Waals surface area contributed by atoms with Crippen LogP contribution in [0.2, 0.25) is 10.0 Å². The van der Waals surface area contributed by atoms with Crippen molar-refractivity contribution >= 4 is 29.1 Å². The lowest BCUT2D eigenvalue weighted by atomic mass is 10.0. The zero-order chi connectivity index (χ0) is 34.1. The normalized spacial score (nSPS) is 11.5. The third-order valence-corrected chi connectivity index (χ3v) is 7.90. The van der Waals surface area contributed by atoms with Gasteiger partial charge in [0.15, 0.2) is 0 Å². The Bertz CT molecular complexity index is 1790. The minimum absolute atomic E-state index is 0.246. The molecule has 4 aromatic carbocycles. The van der Waals surface area contributed by atoms with E-state index < -0.39 is 11.7 Å². The van der Waals surface area contributed by atoms with Crippen LogP contribution in [0.1, 0.15) is 21.5 Å². The Morgan fingerprint density at radius 2 is 1.31 bits per heavy atom. The van der Waals surface area contributed by atoms with Crippen LogP contribution in [0.4, 0.5) is 13.2 Å². The fourth-order valence-corrected chi connectivity index (χ4v) is 5.29. The molecular formula is C36H33Cl2F3N4O3. The summed E-state index contributed by atoms with van der Waals surface area (Å²) >= 11 is 12.4. The summed E-state index contributed by atoms with van der Waals surface area (Å²) in [7, 11) is 0. The summed E-state index contributed by atoms with van der Waals surface area (Å²) in [6, 6.07) is 26.5. The lowest BCUT2D eigenvalue weighted by Crippen LogP contribution is -2.27. The van der Waals surface area contributed by atoms with Gasteiger partial charge in [0.1, 0.15) is 5.82 Å². The molecule has 12 heteroatoms. The molecule has 1 amide bonds. The van der Waals surface area contributed by atoms with Crippen molar-refractivity contribution in [3.05, 3.63) is 124 Å². The van der Waals surface area contributed by atoms with E-state index in [9.17, 15) is 18.0 Å². The van der Waals surface area contributed by atoms with Crippen molar-refractivity contribution < 1.29 is 27.4 Å². The first-order valence-electron chi connectivity index (χ1n) is 15.2. The van der Waals surface area contributed by atoms with Crippen LogP contribution in [0.25, 0.3) is 33.9 Å². The minimum atomic E-state index is -4.47. The molecule has 0 atom stereocenters. The molecule has 48 heavy (non-hydrogen) atoms. The van der Waals surface area contributed by atoms with E-state index in [4.69, 9.17) is 43.4 Å². The Morgan fingerprint density at radius 1 is 0.750 bits per heavy atom. The van der Waals surface area contributed by atoms with E-state index in [1.54, 1.807) is 36.4 Å². The van der Waals surface area contributed by atoms with Gasteiger partial charge in [0, 0.05) is 51.9 Å². The van der Waals surface area contributed by atoms with E-state index in [2.05, 4.69) is 5.32 Å². The Kier molecular flexibility index (Phi) is 11.9. The van der Waals surface area contributed by atoms with Gasteiger partial charge in [0.05, 0.1) is 43.4 Å². The van der Waals surface area contributed by atoms with Gasteiger partial charge in [0.2, 0.25) is 0 Å². The van der Waals surface area contributed by atoms with E-state index in [1.807, 2.05) is 41.0 Å². The maximum Gasteiger partial charge on any atom is 0.416 e. The molecule has 0 aliphatic rings.